The number of carboxylic acids is 1. The van der Waals surface area contributed by atoms with Gasteiger partial charge in [-0.15, -0.1) is 0 Å². The Labute approximate surface area is 111 Å². The molecule has 0 amide bonds. The fraction of sp³-hybridized carbons (Fsp3) is 0.615. The summed E-state index contributed by atoms with van der Waals surface area (Å²) in [6, 6.07) is 1.96. The number of rotatable bonds is 4. The van der Waals surface area contributed by atoms with E-state index in [1.165, 1.54) is 0 Å². The van der Waals surface area contributed by atoms with Crippen LogP contribution in [0.5, 0.6) is 0 Å². The lowest BCUT2D eigenvalue weighted by Crippen LogP contribution is -2.48. The van der Waals surface area contributed by atoms with Gasteiger partial charge in [0.25, 0.3) is 0 Å². The summed E-state index contributed by atoms with van der Waals surface area (Å²) in [5, 5.41) is 18.1. The topological polar surface area (TPSA) is 83.1 Å². The first kappa shape index (κ1) is 14.0. The van der Waals surface area contributed by atoms with Crippen LogP contribution in [0.1, 0.15) is 28.8 Å². The molecule has 19 heavy (non-hydrogen) atoms. The van der Waals surface area contributed by atoms with Gasteiger partial charge >= 0.3 is 5.97 Å². The Morgan fingerprint density at radius 3 is 2.89 bits per heavy atom. The van der Waals surface area contributed by atoms with Crippen molar-refractivity contribution in [2.75, 3.05) is 19.8 Å². The molecule has 2 rings (SSSR count). The zero-order valence-electron chi connectivity index (χ0n) is 11.1. The van der Waals surface area contributed by atoms with E-state index in [2.05, 4.69) is 4.90 Å². The highest BCUT2D eigenvalue weighted by atomic mass is 16.5. The van der Waals surface area contributed by atoms with Crippen molar-refractivity contribution in [3.8, 4) is 0 Å². The maximum absolute atomic E-state index is 10.9. The van der Waals surface area contributed by atoms with E-state index in [0.29, 0.717) is 31.0 Å². The molecule has 2 N–H and O–H groups in total. The second-order valence-electron chi connectivity index (χ2n) is 4.95. The number of morpholine rings is 1. The van der Waals surface area contributed by atoms with Gasteiger partial charge < -0.3 is 19.4 Å². The van der Waals surface area contributed by atoms with Crippen molar-refractivity contribution < 1.29 is 24.2 Å². The molecule has 2 atom stereocenters. The van der Waals surface area contributed by atoms with Crippen LogP contribution in [0.25, 0.3) is 0 Å². The van der Waals surface area contributed by atoms with E-state index in [4.69, 9.17) is 19.4 Å². The van der Waals surface area contributed by atoms with Crippen molar-refractivity contribution in [1.82, 2.24) is 4.90 Å². The van der Waals surface area contributed by atoms with Gasteiger partial charge in [0, 0.05) is 18.2 Å². The molecular formula is C13H19NO5. The van der Waals surface area contributed by atoms with Crippen molar-refractivity contribution in [2.24, 2.45) is 0 Å². The lowest BCUT2D eigenvalue weighted by Gasteiger charge is -2.36. The highest BCUT2D eigenvalue weighted by Crippen LogP contribution is 2.20. The Kier molecular flexibility index (Phi) is 4.24. The lowest BCUT2D eigenvalue weighted by atomic mass is 10.2. The zero-order valence-corrected chi connectivity index (χ0v) is 11.1. The Morgan fingerprint density at radius 2 is 2.32 bits per heavy atom. The fourth-order valence-electron chi connectivity index (χ4n) is 2.24. The minimum atomic E-state index is -1.05. The monoisotopic (exact) mass is 269 g/mol. The smallest absolute Gasteiger partial charge is 0.372 e. The number of carboxylic acid groups (broad SMARTS) is 1. The van der Waals surface area contributed by atoms with Crippen molar-refractivity contribution >= 4 is 5.97 Å². The van der Waals surface area contributed by atoms with Gasteiger partial charge in [0.15, 0.2) is 0 Å². The summed E-state index contributed by atoms with van der Waals surface area (Å²) in [5.74, 6) is -0.429. The second kappa shape index (κ2) is 5.73. The van der Waals surface area contributed by atoms with Gasteiger partial charge in [-0.2, -0.15) is 0 Å². The van der Waals surface area contributed by atoms with Crippen LogP contribution < -0.4 is 0 Å². The highest BCUT2D eigenvalue weighted by Gasteiger charge is 2.27. The quantitative estimate of drug-likeness (QED) is 0.844. The molecule has 1 saturated heterocycles. The summed E-state index contributed by atoms with van der Waals surface area (Å²) in [7, 11) is 0. The highest BCUT2D eigenvalue weighted by molar-refractivity contribution is 5.86. The van der Waals surface area contributed by atoms with Crippen LogP contribution in [0.4, 0.5) is 0 Å². The molecule has 0 aliphatic carbocycles. The van der Waals surface area contributed by atoms with E-state index in [0.717, 1.165) is 0 Å². The summed E-state index contributed by atoms with van der Waals surface area (Å²) in [4.78, 5) is 13.0. The summed E-state index contributed by atoms with van der Waals surface area (Å²) in [6.07, 6.45) is -0.189. The van der Waals surface area contributed by atoms with E-state index < -0.39 is 5.97 Å². The first-order valence-corrected chi connectivity index (χ1v) is 6.30. The first-order chi connectivity index (χ1) is 9.01. The van der Waals surface area contributed by atoms with Crippen molar-refractivity contribution in [2.45, 2.75) is 32.5 Å². The SMILES string of the molecule is Cc1cc(CN2CC(CO)OCC2C)oc1C(=O)O. The maximum atomic E-state index is 10.9. The minimum Gasteiger partial charge on any atom is -0.475 e. The molecule has 0 saturated carbocycles. The molecule has 106 valence electrons. The summed E-state index contributed by atoms with van der Waals surface area (Å²) in [6.45, 7) is 5.42. The van der Waals surface area contributed by atoms with Crippen LogP contribution in [0.3, 0.4) is 0 Å². The molecule has 1 aliphatic rings. The van der Waals surface area contributed by atoms with Crippen LogP contribution in [-0.4, -0.2) is 53.0 Å². The van der Waals surface area contributed by atoms with Gasteiger partial charge in [-0.3, -0.25) is 4.90 Å². The number of aromatic carboxylic acids is 1. The van der Waals surface area contributed by atoms with Gasteiger partial charge in [-0.05, 0) is 19.9 Å². The van der Waals surface area contributed by atoms with Gasteiger partial charge in [0.05, 0.1) is 25.9 Å². The predicted octanol–water partition coefficient (Wildman–Crippen LogP) is 0.868. The molecule has 2 heterocycles. The summed E-state index contributed by atoms with van der Waals surface area (Å²) >= 11 is 0. The number of hydrogen-bond donors (Lipinski definition) is 2. The van der Waals surface area contributed by atoms with Crippen LogP contribution in [0.2, 0.25) is 0 Å². The molecule has 2 unspecified atom stereocenters. The van der Waals surface area contributed by atoms with E-state index in [1.54, 1.807) is 13.0 Å². The molecule has 1 fully saturated rings. The third-order valence-corrected chi connectivity index (χ3v) is 3.36. The Bertz CT molecular complexity index is 456. The first-order valence-electron chi connectivity index (χ1n) is 6.30. The number of aryl methyl sites for hydroxylation is 1. The average Bonchev–Trinajstić information content (AvgIpc) is 2.73. The number of ether oxygens (including phenoxy) is 1. The molecule has 6 nitrogen and oxygen atoms in total. The van der Waals surface area contributed by atoms with Crippen molar-refractivity contribution in [3.63, 3.8) is 0 Å². The van der Waals surface area contributed by atoms with Gasteiger partial charge in [-0.1, -0.05) is 0 Å². The molecule has 1 aliphatic heterocycles. The largest absolute Gasteiger partial charge is 0.475 e. The Hall–Kier alpha value is -1.37. The van der Waals surface area contributed by atoms with Gasteiger partial charge in [0.1, 0.15) is 5.76 Å². The molecule has 6 heteroatoms. The molecule has 1 aromatic heterocycles. The number of aliphatic hydroxyl groups excluding tert-OH is 1. The number of aliphatic hydroxyl groups is 1. The third-order valence-electron chi connectivity index (χ3n) is 3.36. The van der Waals surface area contributed by atoms with Crippen LogP contribution in [0.15, 0.2) is 10.5 Å². The van der Waals surface area contributed by atoms with E-state index in [-0.39, 0.29) is 24.5 Å². The molecular weight excluding hydrogens is 250 g/mol. The molecule has 0 spiro atoms. The maximum Gasteiger partial charge on any atom is 0.372 e. The number of nitrogens with zero attached hydrogens (tertiary/aromatic N) is 1. The molecule has 0 aromatic carbocycles. The van der Waals surface area contributed by atoms with Crippen LogP contribution >= 0.6 is 0 Å². The number of carbonyl (C=O) groups is 1. The number of furan rings is 1. The number of hydrogen-bond acceptors (Lipinski definition) is 5. The van der Waals surface area contributed by atoms with E-state index >= 15 is 0 Å². The molecule has 0 radical (unpaired) electrons. The van der Waals surface area contributed by atoms with Crippen molar-refractivity contribution in [1.29, 1.82) is 0 Å². The molecule has 0 bridgehead atoms. The average molecular weight is 269 g/mol. The summed E-state index contributed by atoms with van der Waals surface area (Å²) < 4.78 is 10.8. The predicted molar refractivity (Wildman–Crippen MR) is 67.1 cm³/mol. The van der Waals surface area contributed by atoms with Crippen LogP contribution in [-0.2, 0) is 11.3 Å². The minimum absolute atomic E-state index is 0.00498. The molecule has 1 aromatic rings. The Morgan fingerprint density at radius 1 is 1.58 bits per heavy atom. The van der Waals surface area contributed by atoms with Crippen molar-refractivity contribution in [3.05, 3.63) is 23.2 Å². The Balaban J connectivity index is 2.07. The van der Waals surface area contributed by atoms with Gasteiger partial charge in [-0.25, -0.2) is 4.79 Å². The van der Waals surface area contributed by atoms with Gasteiger partial charge in [0.2, 0.25) is 5.76 Å². The normalized spacial score (nSPS) is 24.6. The van der Waals surface area contributed by atoms with E-state index in [1.807, 2.05) is 6.92 Å². The lowest BCUT2D eigenvalue weighted by molar-refractivity contribution is -0.0820. The zero-order chi connectivity index (χ0) is 14.0. The van der Waals surface area contributed by atoms with E-state index in [9.17, 15) is 4.79 Å². The second-order valence-corrected chi connectivity index (χ2v) is 4.95. The summed E-state index contributed by atoms with van der Waals surface area (Å²) in [5.41, 5.74) is 0.627. The van der Waals surface area contributed by atoms with Crippen LogP contribution in [0, 0.1) is 6.92 Å². The standard InChI is InChI=1S/C13H19NO5/c1-8-3-10(19-12(8)13(16)17)4-14-5-11(6-15)18-7-9(14)2/h3,9,11,15H,4-7H2,1-2H3,(H,16,17). The fourth-order valence-corrected chi connectivity index (χ4v) is 2.24. The third kappa shape index (κ3) is 3.15.